The largest absolute Gasteiger partial charge is 0.444 e. The molecule has 8 rings (SSSR count). The molecule has 0 saturated carbocycles. The van der Waals surface area contributed by atoms with Crippen molar-refractivity contribution in [3.8, 4) is 21.1 Å². The van der Waals surface area contributed by atoms with E-state index in [1.54, 1.807) is 36.2 Å². The fourth-order valence-electron chi connectivity index (χ4n) is 8.77. The lowest BCUT2D eigenvalue weighted by atomic mass is 9.93. The Labute approximate surface area is 459 Å². The Hall–Kier alpha value is -5.46. The predicted octanol–water partition coefficient (Wildman–Crippen LogP) is 12.1. The molecule has 4 amide bonds. The molecule has 4 atom stereocenters. The van der Waals surface area contributed by atoms with E-state index in [2.05, 4.69) is 32.3 Å². The van der Waals surface area contributed by atoms with Gasteiger partial charge in [-0.25, -0.2) is 28.3 Å². The van der Waals surface area contributed by atoms with Crippen LogP contribution in [0.25, 0.3) is 41.6 Å². The van der Waals surface area contributed by atoms with Gasteiger partial charge in [0, 0.05) is 85.4 Å². The Balaban J connectivity index is 0.000000228. The minimum Gasteiger partial charge on any atom is -0.444 e. The van der Waals surface area contributed by atoms with Crippen LogP contribution in [0.5, 0.6) is 0 Å². The van der Waals surface area contributed by atoms with Crippen LogP contribution in [-0.4, -0.2) is 114 Å². The number of benzene rings is 2. The van der Waals surface area contributed by atoms with Crippen LogP contribution in [0.2, 0.25) is 0 Å². The van der Waals surface area contributed by atoms with E-state index in [1.807, 2.05) is 69.2 Å². The van der Waals surface area contributed by atoms with Gasteiger partial charge in [0.15, 0.2) is 0 Å². The number of nitrogens with one attached hydrogen (secondary N) is 3. The lowest BCUT2D eigenvalue weighted by molar-refractivity contribution is -0.116. The number of hydrogen-bond acceptors (Lipinski definition) is 16. The lowest BCUT2D eigenvalue weighted by Gasteiger charge is -2.39. The first kappa shape index (κ1) is 59.8. The summed E-state index contributed by atoms with van der Waals surface area (Å²) in [4.78, 5) is 66.1. The Kier molecular flexibility index (Phi) is 20.3. The van der Waals surface area contributed by atoms with Crippen molar-refractivity contribution in [2.24, 2.45) is 5.73 Å². The maximum atomic E-state index is 13.9. The van der Waals surface area contributed by atoms with E-state index in [9.17, 15) is 28.0 Å². The van der Waals surface area contributed by atoms with Gasteiger partial charge in [-0.3, -0.25) is 19.4 Å². The molecule has 4 aromatic heterocycles. The van der Waals surface area contributed by atoms with Crippen molar-refractivity contribution in [1.29, 1.82) is 0 Å². The van der Waals surface area contributed by atoms with Crippen molar-refractivity contribution in [3.63, 3.8) is 0 Å². The van der Waals surface area contributed by atoms with Gasteiger partial charge in [-0.15, -0.1) is 45.3 Å². The molecule has 2 aliphatic heterocycles. The average Bonchev–Trinajstić information content (AvgIpc) is 4.11. The van der Waals surface area contributed by atoms with Crippen LogP contribution >= 0.6 is 45.3 Å². The minimum absolute atomic E-state index is 0.119. The predicted molar refractivity (Wildman–Crippen MR) is 303 cm³/mol. The van der Waals surface area contributed by atoms with Crippen LogP contribution < -0.4 is 21.7 Å². The molecule has 16 nitrogen and oxygen atoms in total. The summed E-state index contributed by atoms with van der Waals surface area (Å²) >= 11 is 5.81. The molecule has 4 unspecified atom stereocenters. The fraction of sp³-hybridized carbons (Fsp3) is 0.481. The average molecular weight is 1130 g/mol. The SMILES string of the molecule is C=CC(=O)Nc1sc2c(c1-c1nc3cc(F)ccc3s1)CC(C)N(C(=O)OC(C)(C)C)C2C.COCCN.COCCNCCC(=O)Nc1sc2c(c1-c1nc3cc(F)ccc3s1)CC(C)N(C(=O)OC(C)(C)C)C2C. The molecule has 2 aliphatic rings. The summed E-state index contributed by atoms with van der Waals surface area (Å²) in [6, 6.07) is 8.37. The highest BCUT2D eigenvalue weighted by atomic mass is 32.1. The van der Waals surface area contributed by atoms with Gasteiger partial charge in [0.05, 0.1) is 45.7 Å². The summed E-state index contributed by atoms with van der Waals surface area (Å²) in [6.45, 7) is 25.6. The zero-order valence-corrected chi connectivity index (χ0v) is 48.5. The smallest absolute Gasteiger partial charge is 0.411 e. The number of hydrogen-bond donors (Lipinski definition) is 4. The molecule has 2 aromatic carbocycles. The molecule has 0 saturated heterocycles. The molecule has 5 N–H and O–H groups in total. The number of carbonyl (C=O) groups is 4. The first-order valence-electron chi connectivity index (χ1n) is 25.0. The summed E-state index contributed by atoms with van der Waals surface area (Å²) in [6.07, 6.45) is 1.96. The number of aromatic nitrogens is 2. The van der Waals surface area contributed by atoms with Crippen molar-refractivity contribution >= 4 is 99.8 Å². The van der Waals surface area contributed by atoms with Crippen molar-refractivity contribution in [2.45, 2.75) is 124 Å². The standard InChI is InChI=1S/C27H35FN4O4S2.C24H26FN3O3S2.C3H9NO/c1-15-13-18-22(24-30-19-14-17(28)7-8-20(19)37-24)25(31-21(33)9-10-29-11-12-35-6)38-23(18)16(2)32(15)26(34)36-27(3,4)5;1-7-18(29)27-22-19(21-26-16-11-14(25)8-9-17(16)32-21)15-10-12(2)28(13(3)20(15)33-22)23(30)31-24(4,5)6;1-5-3-2-4/h7-8,14-16,29H,9-13H2,1-6H3,(H,31,33);7-9,11-13H,1,10H2,2-6H3,(H,27,29);2-4H2,1H3. The number of rotatable bonds is 13. The van der Waals surface area contributed by atoms with E-state index in [0.29, 0.717) is 78.2 Å². The van der Waals surface area contributed by atoms with Crippen LogP contribution in [0.3, 0.4) is 0 Å². The Bertz CT molecular complexity index is 3030. The Morgan fingerprint density at radius 3 is 1.55 bits per heavy atom. The zero-order chi connectivity index (χ0) is 55.8. The number of halogens is 2. The molecule has 0 aliphatic carbocycles. The van der Waals surface area contributed by atoms with E-state index < -0.39 is 11.2 Å². The number of ether oxygens (including phenoxy) is 4. The van der Waals surface area contributed by atoms with Crippen molar-refractivity contribution < 1.29 is 46.9 Å². The molecular formula is C54H70F2N8O8S4. The third-order valence-electron chi connectivity index (χ3n) is 12.0. The second-order valence-electron chi connectivity index (χ2n) is 20.3. The third-order valence-corrected chi connectivity index (χ3v) is 16.7. The van der Waals surface area contributed by atoms with E-state index in [-0.39, 0.29) is 59.8 Å². The van der Waals surface area contributed by atoms with Crippen LogP contribution in [0.4, 0.5) is 28.4 Å². The van der Waals surface area contributed by atoms with Crippen molar-refractivity contribution in [1.82, 2.24) is 25.1 Å². The van der Waals surface area contributed by atoms with Crippen LogP contribution in [-0.2, 0) is 41.4 Å². The first-order chi connectivity index (χ1) is 35.9. The number of fused-ring (bicyclic) bond motifs is 4. The number of carbonyl (C=O) groups excluding carboxylic acids is 4. The number of thiazole rings is 2. The van der Waals surface area contributed by atoms with Gasteiger partial charge in [0.2, 0.25) is 11.8 Å². The second kappa shape index (κ2) is 25.8. The molecule has 6 aromatic rings. The molecular weight excluding hydrogens is 1050 g/mol. The summed E-state index contributed by atoms with van der Waals surface area (Å²) < 4.78 is 50.3. The minimum atomic E-state index is -0.607. The maximum Gasteiger partial charge on any atom is 0.411 e. The molecule has 6 heterocycles. The highest BCUT2D eigenvalue weighted by Gasteiger charge is 2.41. The zero-order valence-electron chi connectivity index (χ0n) is 45.2. The fourth-order valence-corrected chi connectivity index (χ4v) is 13.5. The Morgan fingerprint density at radius 2 is 1.16 bits per heavy atom. The van der Waals surface area contributed by atoms with Gasteiger partial charge in [-0.2, -0.15) is 0 Å². The quantitative estimate of drug-likeness (QED) is 0.0631. The van der Waals surface area contributed by atoms with Crippen molar-refractivity contribution in [3.05, 3.63) is 81.6 Å². The lowest BCUT2D eigenvalue weighted by Crippen LogP contribution is -2.46. The molecule has 0 fully saturated rings. The van der Waals surface area contributed by atoms with Crippen molar-refractivity contribution in [2.75, 3.05) is 57.7 Å². The van der Waals surface area contributed by atoms with Gasteiger partial charge in [-0.1, -0.05) is 6.58 Å². The number of anilines is 2. The Morgan fingerprint density at radius 1 is 0.711 bits per heavy atom. The van der Waals surface area contributed by atoms with Crippen LogP contribution in [0, 0.1) is 11.6 Å². The van der Waals surface area contributed by atoms with Gasteiger partial charge in [-0.05, 0) is 124 Å². The topological polar surface area (TPSA) is 200 Å². The monoisotopic (exact) mass is 1120 g/mol. The summed E-state index contributed by atoms with van der Waals surface area (Å²) in [5.74, 6) is -1.13. The van der Waals surface area contributed by atoms with Crippen LogP contribution in [0.15, 0.2) is 49.1 Å². The molecule has 0 bridgehead atoms. The highest BCUT2D eigenvalue weighted by Crippen LogP contribution is 2.52. The first-order valence-corrected chi connectivity index (χ1v) is 28.2. The van der Waals surface area contributed by atoms with E-state index in [4.69, 9.17) is 24.9 Å². The highest BCUT2D eigenvalue weighted by molar-refractivity contribution is 7.23. The van der Waals surface area contributed by atoms with Gasteiger partial charge in [0.25, 0.3) is 0 Å². The third kappa shape index (κ3) is 14.8. The molecule has 0 spiro atoms. The normalized spacial score (nSPS) is 17.2. The number of thiophene rings is 2. The van der Waals surface area contributed by atoms with Crippen LogP contribution in [0.1, 0.15) is 109 Å². The molecule has 412 valence electrons. The maximum absolute atomic E-state index is 13.9. The van der Waals surface area contributed by atoms with E-state index >= 15 is 0 Å². The second-order valence-corrected chi connectivity index (χ2v) is 24.5. The molecule has 22 heteroatoms. The number of amides is 4. The molecule has 0 radical (unpaired) electrons. The van der Waals surface area contributed by atoms with Gasteiger partial charge in [0.1, 0.15) is 42.9 Å². The summed E-state index contributed by atoms with van der Waals surface area (Å²) in [5.41, 5.74) is 8.74. The number of methoxy groups -OCH3 is 2. The van der Waals surface area contributed by atoms with Gasteiger partial charge >= 0.3 is 12.2 Å². The summed E-state index contributed by atoms with van der Waals surface area (Å²) in [5, 5.41) is 12.0. The van der Waals surface area contributed by atoms with Gasteiger partial charge < -0.3 is 40.6 Å². The summed E-state index contributed by atoms with van der Waals surface area (Å²) in [7, 11) is 3.27. The van der Waals surface area contributed by atoms with E-state index in [0.717, 1.165) is 46.4 Å². The number of nitrogens with zero attached hydrogens (tertiary/aromatic N) is 4. The van der Waals surface area contributed by atoms with E-state index in [1.165, 1.54) is 75.7 Å². The molecule has 76 heavy (non-hydrogen) atoms. The number of nitrogens with two attached hydrogens (primary N) is 1.